The number of ether oxygens (including phenoxy) is 1. The highest BCUT2D eigenvalue weighted by atomic mass is 16.5. The van der Waals surface area contributed by atoms with E-state index in [1.807, 2.05) is 0 Å². The summed E-state index contributed by atoms with van der Waals surface area (Å²) < 4.78 is 4.87. The quantitative estimate of drug-likeness (QED) is 0.348. The van der Waals surface area contributed by atoms with E-state index in [-0.39, 0.29) is 26.4 Å². The fourth-order valence-corrected chi connectivity index (χ4v) is 0.825. The molecule has 0 aliphatic rings. The number of aliphatic carboxylic acids is 1. The van der Waals surface area contributed by atoms with E-state index in [0.29, 0.717) is 0 Å². The van der Waals surface area contributed by atoms with E-state index in [4.69, 9.17) is 20.7 Å². The van der Waals surface area contributed by atoms with E-state index >= 15 is 0 Å². The van der Waals surface area contributed by atoms with Crippen LogP contribution in [0, 0.1) is 0 Å². The van der Waals surface area contributed by atoms with Crippen LogP contribution in [-0.2, 0) is 14.3 Å². The molecular weight excluding hydrogens is 204 g/mol. The van der Waals surface area contributed by atoms with Gasteiger partial charge in [0.15, 0.2) is 0 Å². The average molecular weight is 220 g/mol. The second-order valence-electron chi connectivity index (χ2n) is 2.83. The molecule has 1 atom stereocenters. The van der Waals surface area contributed by atoms with Crippen molar-refractivity contribution in [3.05, 3.63) is 0 Å². The lowest BCUT2D eigenvalue weighted by Gasteiger charge is -2.09. The van der Waals surface area contributed by atoms with E-state index in [1.54, 1.807) is 0 Å². The molecule has 0 heterocycles. The maximum Gasteiger partial charge on any atom is 0.305 e. The van der Waals surface area contributed by atoms with Crippen molar-refractivity contribution in [3.63, 3.8) is 0 Å². The van der Waals surface area contributed by atoms with Gasteiger partial charge in [0.2, 0.25) is 5.91 Å². The number of carboxylic acids is 1. The molecule has 0 saturated heterocycles. The second-order valence-corrected chi connectivity index (χ2v) is 2.83. The van der Waals surface area contributed by atoms with E-state index in [2.05, 4.69) is 5.32 Å². The average Bonchev–Trinajstić information content (AvgIpc) is 2.16. The number of rotatable bonds is 8. The van der Waals surface area contributed by atoms with Crippen LogP contribution in [-0.4, -0.2) is 54.5 Å². The summed E-state index contributed by atoms with van der Waals surface area (Å²) >= 11 is 0. The Labute approximate surface area is 87.2 Å². The maximum atomic E-state index is 11.1. The van der Waals surface area contributed by atoms with E-state index in [9.17, 15) is 9.59 Å². The molecule has 7 heteroatoms. The molecule has 1 amide bonds. The minimum atomic E-state index is -1.12. The number of hydrogen-bond acceptors (Lipinski definition) is 5. The zero-order valence-electron chi connectivity index (χ0n) is 8.31. The highest BCUT2D eigenvalue weighted by Gasteiger charge is 2.15. The first-order chi connectivity index (χ1) is 7.07. The van der Waals surface area contributed by atoms with Gasteiger partial charge in [-0.2, -0.15) is 0 Å². The van der Waals surface area contributed by atoms with Crippen LogP contribution in [0.4, 0.5) is 0 Å². The van der Waals surface area contributed by atoms with Crippen LogP contribution in [0.1, 0.15) is 6.42 Å². The van der Waals surface area contributed by atoms with Gasteiger partial charge in [0.1, 0.15) is 0 Å². The van der Waals surface area contributed by atoms with Crippen molar-refractivity contribution in [2.24, 2.45) is 5.73 Å². The standard InChI is InChI=1S/C8H16N2O5/c9-6(5-7(12)13)8(14)10-1-3-15-4-2-11/h6,11H,1-5,9H2,(H,10,14)(H,12,13). The molecular formula is C8H16N2O5. The van der Waals surface area contributed by atoms with Gasteiger partial charge >= 0.3 is 5.97 Å². The molecule has 15 heavy (non-hydrogen) atoms. The van der Waals surface area contributed by atoms with Gasteiger partial charge in [-0.1, -0.05) is 0 Å². The number of carboxylic acid groups (broad SMARTS) is 1. The van der Waals surface area contributed by atoms with Gasteiger partial charge in [0.05, 0.1) is 32.3 Å². The SMILES string of the molecule is NC(CC(=O)O)C(=O)NCCOCCO. The predicted molar refractivity (Wildman–Crippen MR) is 51.1 cm³/mol. The Morgan fingerprint density at radius 1 is 1.40 bits per heavy atom. The van der Waals surface area contributed by atoms with Crippen molar-refractivity contribution < 1.29 is 24.5 Å². The monoisotopic (exact) mass is 220 g/mol. The molecule has 7 nitrogen and oxygen atoms in total. The van der Waals surface area contributed by atoms with E-state index < -0.39 is 24.3 Å². The molecule has 0 spiro atoms. The lowest BCUT2D eigenvalue weighted by Crippen LogP contribution is -2.43. The number of hydrogen-bond donors (Lipinski definition) is 4. The first-order valence-electron chi connectivity index (χ1n) is 4.51. The van der Waals surface area contributed by atoms with Crippen LogP contribution in [0.15, 0.2) is 0 Å². The molecule has 0 aliphatic carbocycles. The minimum Gasteiger partial charge on any atom is -0.481 e. The zero-order valence-corrected chi connectivity index (χ0v) is 8.31. The van der Waals surface area contributed by atoms with Crippen LogP contribution in [0.25, 0.3) is 0 Å². The van der Waals surface area contributed by atoms with Crippen LogP contribution in [0.3, 0.4) is 0 Å². The van der Waals surface area contributed by atoms with Crippen molar-refractivity contribution in [1.29, 1.82) is 0 Å². The number of aliphatic hydroxyl groups is 1. The molecule has 0 aromatic carbocycles. The fraction of sp³-hybridized carbons (Fsp3) is 0.750. The van der Waals surface area contributed by atoms with Crippen molar-refractivity contribution >= 4 is 11.9 Å². The number of carbonyl (C=O) groups is 2. The Morgan fingerprint density at radius 3 is 2.60 bits per heavy atom. The molecule has 0 bridgehead atoms. The molecule has 0 aliphatic heterocycles. The van der Waals surface area contributed by atoms with Gasteiger partial charge in [0, 0.05) is 6.54 Å². The summed E-state index contributed by atoms with van der Waals surface area (Å²) in [6, 6.07) is -1.04. The number of aliphatic hydroxyl groups excluding tert-OH is 1. The van der Waals surface area contributed by atoms with Gasteiger partial charge in [0.25, 0.3) is 0 Å². The Kier molecular flexibility index (Phi) is 7.51. The molecule has 5 N–H and O–H groups in total. The summed E-state index contributed by atoms with van der Waals surface area (Å²) in [5.41, 5.74) is 5.29. The van der Waals surface area contributed by atoms with Crippen LogP contribution >= 0.6 is 0 Å². The van der Waals surface area contributed by atoms with Crippen LogP contribution in [0.5, 0.6) is 0 Å². The number of nitrogens with one attached hydrogen (secondary N) is 1. The van der Waals surface area contributed by atoms with Gasteiger partial charge in [-0.15, -0.1) is 0 Å². The third-order valence-electron chi connectivity index (χ3n) is 1.51. The van der Waals surface area contributed by atoms with Crippen LogP contribution in [0.2, 0.25) is 0 Å². The van der Waals surface area contributed by atoms with Crippen molar-refractivity contribution in [1.82, 2.24) is 5.32 Å². The number of carbonyl (C=O) groups excluding carboxylic acids is 1. The summed E-state index contributed by atoms with van der Waals surface area (Å²) in [5.74, 6) is -1.64. The Hall–Kier alpha value is -1.18. The topological polar surface area (TPSA) is 122 Å². The summed E-state index contributed by atoms with van der Waals surface area (Å²) in [5, 5.41) is 19.1. The molecule has 0 saturated carbocycles. The van der Waals surface area contributed by atoms with E-state index in [0.717, 1.165) is 0 Å². The summed E-state index contributed by atoms with van der Waals surface area (Å²) in [4.78, 5) is 21.3. The third kappa shape index (κ3) is 7.86. The molecule has 0 aromatic rings. The lowest BCUT2D eigenvalue weighted by molar-refractivity contribution is -0.139. The smallest absolute Gasteiger partial charge is 0.305 e. The van der Waals surface area contributed by atoms with Crippen molar-refractivity contribution in [2.75, 3.05) is 26.4 Å². The third-order valence-corrected chi connectivity index (χ3v) is 1.51. The molecule has 0 fully saturated rings. The molecule has 0 rings (SSSR count). The Bertz CT molecular complexity index is 209. The molecule has 88 valence electrons. The first-order valence-corrected chi connectivity index (χ1v) is 4.51. The second kappa shape index (κ2) is 8.16. The maximum absolute atomic E-state index is 11.1. The van der Waals surface area contributed by atoms with Gasteiger partial charge in [-0.25, -0.2) is 0 Å². The fourth-order valence-electron chi connectivity index (χ4n) is 0.825. The number of amides is 1. The largest absolute Gasteiger partial charge is 0.481 e. The van der Waals surface area contributed by atoms with Crippen molar-refractivity contribution in [2.45, 2.75) is 12.5 Å². The predicted octanol–water partition coefficient (Wildman–Crippen LogP) is -2.09. The highest BCUT2D eigenvalue weighted by molar-refractivity contribution is 5.85. The summed E-state index contributed by atoms with van der Waals surface area (Å²) in [6.07, 6.45) is -0.399. The minimum absolute atomic E-state index is 0.0769. The van der Waals surface area contributed by atoms with E-state index in [1.165, 1.54) is 0 Å². The van der Waals surface area contributed by atoms with Gasteiger partial charge < -0.3 is 26.0 Å². The zero-order chi connectivity index (χ0) is 11.7. The normalized spacial score (nSPS) is 12.1. The Morgan fingerprint density at radius 2 is 2.07 bits per heavy atom. The molecule has 1 unspecified atom stereocenters. The van der Waals surface area contributed by atoms with Crippen molar-refractivity contribution in [3.8, 4) is 0 Å². The van der Waals surface area contributed by atoms with Gasteiger partial charge in [-0.3, -0.25) is 9.59 Å². The molecule has 0 radical (unpaired) electrons. The highest BCUT2D eigenvalue weighted by Crippen LogP contribution is 1.87. The first kappa shape index (κ1) is 13.8. The van der Waals surface area contributed by atoms with Crippen LogP contribution < -0.4 is 11.1 Å². The Balaban J connectivity index is 3.51. The summed E-state index contributed by atoms with van der Waals surface area (Å²) in [6.45, 7) is 0.627. The lowest BCUT2D eigenvalue weighted by atomic mass is 10.2. The number of nitrogens with two attached hydrogens (primary N) is 1. The molecule has 0 aromatic heterocycles. The summed E-state index contributed by atoms with van der Waals surface area (Å²) in [7, 11) is 0. The van der Waals surface area contributed by atoms with Gasteiger partial charge in [-0.05, 0) is 0 Å².